The van der Waals surface area contributed by atoms with Crippen molar-refractivity contribution in [3.05, 3.63) is 48.6 Å². The second-order valence-corrected chi connectivity index (χ2v) is 19.8. The molecular formula is C49H90O15P2. The highest BCUT2D eigenvalue weighted by Gasteiger charge is 2.28. The molecule has 386 valence electrons. The maximum absolute atomic E-state index is 12.2. The zero-order valence-electron chi connectivity index (χ0n) is 40.6. The van der Waals surface area contributed by atoms with Crippen molar-refractivity contribution in [2.75, 3.05) is 39.6 Å². The summed E-state index contributed by atoms with van der Waals surface area (Å²) in [7, 11) is -9.58. The monoisotopic (exact) mass is 981 g/mol. The van der Waals surface area contributed by atoms with Crippen LogP contribution in [0.15, 0.2) is 48.6 Å². The summed E-state index contributed by atoms with van der Waals surface area (Å²) >= 11 is 0. The number of hydrogen-bond acceptors (Lipinski definition) is 13. The van der Waals surface area contributed by atoms with Crippen molar-refractivity contribution in [2.24, 2.45) is 0 Å². The van der Waals surface area contributed by atoms with E-state index in [-0.39, 0.29) is 12.8 Å². The molecule has 0 heterocycles. The fraction of sp³-hybridized carbons (Fsp3) is 0.796. The van der Waals surface area contributed by atoms with Crippen LogP contribution in [0.1, 0.15) is 194 Å². The number of carbonyl (C=O) groups is 2. The van der Waals surface area contributed by atoms with Crippen molar-refractivity contribution in [2.45, 2.75) is 212 Å². The Kier molecular flexibility index (Phi) is 44.1. The summed E-state index contributed by atoms with van der Waals surface area (Å²) in [5.41, 5.74) is 0. The summed E-state index contributed by atoms with van der Waals surface area (Å²) in [4.78, 5) is 43.8. The lowest BCUT2D eigenvalue weighted by molar-refractivity contribution is -0.148. The van der Waals surface area contributed by atoms with Gasteiger partial charge in [0.25, 0.3) is 0 Å². The van der Waals surface area contributed by atoms with Gasteiger partial charge in [0.1, 0.15) is 31.5 Å². The molecule has 15 nitrogen and oxygen atoms in total. The van der Waals surface area contributed by atoms with E-state index in [9.17, 15) is 43.8 Å². The number of aliphatic hydroxyl groups is 3. The van der Waals surface area contributed by atoms with Gasteiger partial charge < -0.3 is 34.6 Å². The number of allylic oxidation sites excluding steroid dienone is 8. The van der Waals surface area contributed by atoms with Crippen LogP contribution in [0.4, 0.5) is 0 Å². The van der Waals surface area contributed by atoms with Crippen LogP contribution in [0.2, 0.25) is 0 Å². The average Bonchev–Trinajstić information content (AvgIpc) is 3.29. The Hall–Kier alpha value is -2.00. The maximum atomic E-state index is 12.2. The maximum Gasteiger partial charge on any atom is 0.472 e. The molecule has 66 heavy (non-hydrogen) atoms. The molecule has 0 aromatic rings. The van der Waals surface area contributed by atoms with Crippen LogP contribution >= 0.6 is 15.6 Å². The van der Waals surface area contributed by atoms with E-state index >= 15 is 0 Å². The summed E-state index contributed by atoms with van der Waals surface area (Å²) in [6, 6.07) is 0. The minimum atomic E-state index is -4.79. The van der Waals surface area contributed by atoms with Gasteiger partial charge in [-0.05, 0) is 70.6 Å². The molecule has 5 unspecified atom stereocenters. The molecule has 0 radical (unpaired) electrons. The molecule has 0 spiro atoms. The molecule has 0 aliphatic rings. The summed E-state index contributed by atoms with van der Waals surface area (Å²) < 4.78 is 53.0. The smallest absolute Gasteiger partial charge is 0.463 e. The molecule has 5 atom stereocenters. The normalized spacial score (nSPS) is 15.4. The van der Waals surface area contributed by atoms with Gasteiger partial charge >= 0.3 is 27.6 Å². The van der Waals surface area contributed by atoms with Crippen LogP contribution < -0.4 is 0 Å². The highest BCUT2D eigenvalue weighted by atomic mass is 31.2. The van der Waals surface area contributed by atoms with Gasteiger partial charge in [-0.15, -0.1) is 0 Å². The predicted molar refractivity (Wildman–Crippen MR) is 261 cm³/mol. The molecule has 17 heteroatoms. The molecule has 0 rings (SSSR count). The van der Waals surface area contributed by atoms with Gasteiger partial charge in [0.05, 0.1) is 26.4 Å². The van der Waals surface area contributed by atoms with Crippen LogP contribution in [0.3, 0.4) is 0 Å². The number of unbranched alkanes of at least 4 members (excludes halogenated alkanes) is 21. The zero-order valence-corrected chi connectivity index (χ0v) is 42.4. The fourth-order valence-electron chi connectivity index (χ4n) is 6.35. The Morgan fingerprint density at radius 1 is 0.409 bits per heavy atom. The molecule has 0 fully saturated rings. The second-order valence-electron chi connectivity index (χ2n) is 16.9. The quantitative estimate of drug-likeness (QED) is 0.0126. The molecule has 5 N–H and O–H groups in total. The lowest BCUT2D eigenvalue weighted by Gasteiger charge is -2.19. The van der Waals surface area contributed by atoms with Gasteiger partial charge in [-0.3, -0.25) is 27.7 Å². The molecule has 0 aliphatic heterocycles. The third-order valence-electron chi connectivity index (χ3n) is 10.3. The summed E-state index contributed by atoms with van der Waals surface area (Å²) in [5.74, 6) is -1.01. The highest BCUT2D eigenvalue weighted by Crippen LogP contribution is 2.45. The Labute approximate surface area is 398 Å². The van der Waals surface area contributed by atoms with Crippen LogP contribution in [0.5, 0.6) is 0 Å². The van der Waals surface area contributed by atoms with E-state index in [4.69, 9.17) is 9.47 Å². The first-order valence-corrected chi connectivity index (χ1v) is 28.0. The molecule has 0 saturated carbocycles. The minimum Gasteiger partial charge on any atom is -0.463 e. The van der Waals surface area contributed by atoms with Crippen LogP contribution in [0.25, 0.3) is 0 Å². The number of hydrogen-bond donors (Lipinski definition) is 5. The van der Waals surface area contributed by atoms with E-state index in [1.54, 1.807) is 0 Å². The zero-order chi connectivity index (χ0) is 48.8. The fourth-order valence-corrected chi connectivity index (χ4v) is 7.94. The summed E-state index contributed by atoms with van der Waals surface area (Å²) in [6.07, 6.45) is 42.3. The van der Waals surface area contributed by atoms with Crippen molar-refractivity contribution < 1.29 is 71.4 Å². The number of phosphoric ester groups is 2. The third-order valence-corrected chi connectivity index (χ3v) is 12.2. The molecule has 0 bridgehead atoms. The highest BCUT2D eigenvalue weighted by molar-refractivity contribution is 7.47. The lowest BCUT2D eigenvalue weighted by Crippen LogP contribution is -2.25. The molecule has 0 aromatic carbocycles. The van der Waals surface area contributed by atoms with Gasteiger partial charge in [0, 0.05) is 12.8 Å². The molecule has 0 aromatic heterocycles. The van der Waals surface area contributed by atoms with E-state index in [2.05, 4.69) is 80.6 Å². The van der Waals surface area contributed by atoms with Gasteiger partial charge in [0.2, 0.25) is 0 Å². The standard InChI is InChI=1S/C49H90O15P2/c1-3-5-7-9-11-13-15-17-19-20-21-22-24-26-28-30-32-34-36-38-49(54)60-40-46(51)42-62-66(57,58)64-44-47(52)43-63-65(55,56)61-41-45(50)39-59-48(53)37-35-33-31-29-27-25-23-18-16-14-12-10-8-6-4-2/h11-14,16-19,45-47,50-52H,3-10,15,20-44H2,1-2H3,(H,55,56)(H,57,58)/b13-11-,14-12+,18-16+,19-17-. The number of rotatable bonds is 48. The van der Waals surface area contributed by atoms with E-state index in [1.807, 2.05) is 0 Å². The Bertz CT molecular complexity index is 1370. The Morgan fingerprint density at radius 2 is 0.697 bits per heavy atom. The van der Waals surface area contributed by atoms with Gasteiger partial charge in [-0.25, -0.2) is 9.13 Å². The van der Waals surface area contributed by atoms with Crippen molar-refractivity contribution in [1.82, 2.24) is 0 Å². The van der Waals surface area contributed by atoms with E-state index in [1.165, 1.54) is 77.0 Å². The Balaban J connectivity index is 3.88. The van der Waals surface area contributed by atoms with E-state index in [0.29, 0.717) is 12.8 Å². The number of ether oxygens (including phenoxy) is 2. The first kappa shape index (κ1) is 64.0. The first-order valence-electron chi connectivity index (χ1n) is 25.0. The average molecular weight is 981 g/mol. The number of carbonyl (C=O) groups excluding carboxylic acids is 2. The Morgan fingerprint density at radius 3 is 1.05 bits per heavy atom. The molecule has 0 aliphatic carbocycles. The van der Waals surface area contributed by atoms with Crippen molar-refractivity contribution in [3.8, 4) is 0 Å². The number of esters is 2. The second kappa shape index (κ2) is 45.4. The van der Waals surface area contributed by atoms with Crippen LogP contribution in [-0.2, 0) is 46.3 Å². The van der Waals surface area contributed by atoms with Crippen molar-refractivity contribution in [1.29, 1.82) is 0 Å². The summed E-state index contributed by atoms with van der Waals surface area (Å²) in [5, 5.41) is 30.0. The molecule has 0 saturated heterocycles. The minimum absolute atomic E-state index is 0.183. The number of aliphatic hydroxyl groups excluding tert-OH is 3. The van der Waals surface area contributed by atoms with Gasteiger partial charge in [0.15, 0.2) is 0 Å². The van der Waals surface area contributed by atoms with Gasteiger partial charge in [-0.2, -0.15) is 0 Å². The molecular weight excluding hydrogens is 890 g/mol. The number of phosphoric acid groups is 2. The van der Waals surface area contributed by atoms with Crippen LogP contribution in [0, 0.1) is 0 Å². The topological polar surface area (TPSA) is 225 Å². The molecule has 0 amide bonds. The predicted octanol–water partition coefficient (Wildman–Crippen LogP) is 11.6. The van der Waals surface area contributed by atoms with E-state index < -0.39 is 85.5 Å². The van der Waals surface area contributed by atoms with Crippen LogP contribution in [-0.4, -0.2) is 95.0 Å². The summed E-state index contributed by atoms with van der Waals surface area (Å²) in [6.45, 7) is 0.356. The van der Waals surface area contributed by atoms with Crippen molar-refractivity contribution >= 4 is 27.6 Å². The van der Waals surface area contributed by atoms with E-state index in [0.717, 1.165) is 77.0 Å². The van der Waals surface area contributed by atoms with Gasteiger partial charge in [-0.1, -0.05) is 159 Å². The lowest BCUT2D eigenvalue weighted by atomic mass is 10.1. The van der Waals surface area contributed by atoms with Crippen molar-refractivity contribution in [3.63, 3.8) is 0 Å². The first-order chi connectivity index (χ1) is 31.8. The largest absolute Gasteiger partial charge is 0.472 e. The third kappa shape index (κ3) is 47.1. The SMILES string of the molecule is CCCCC/C=C\C/C=C\CCCCCCCCCCCC(=O)OCC(O)COP(=O)(O)OCC(O)COP(=O)(O)OCC(O)COC(=O)CCCCCCCC/C=C/C=C/CCCCC.